The fraction of sp³-hybridized carbons (Fsp3) is 0.222. The summed E-state index contributed by atoms with van der Waals surface area (Å²) in [6.45, 7) is 0. The molecular formula is C9H7BrClFO2. The summed E-state index contributed by atoms with van der Waals surface area (Å²) in [5, 5.41) is 0.596. The van der Waals surface area contributed by atoms with Crippen LogP contribution in [-0.4, -0.2) is 13.1 Å². The zero-order valence-corrected chi connectivity index (χ0v) is 9.65. The lowest BCUT2D eigenvalue weighted by molar-refractivity contribution is 0.0594. The summed E-state index contributed by atoms with van der Waals surface area (Å²) < 4.78 is 17.8. The first-order valence-electron chi connectivity index (χ1n) is 3.72. The van der Waals surface area contributed by atoms with Crippen molar-refractivity contribution in [3.63, 3.8) is 0 Å². The number of methoxy groups -OCH3 is 1. The zero-order valence-electron chi connectivity index (χ0n) is 7.31. The van der Waals surface area contributed by atoms with Gasteiger partial charge in [0.1, 0.15) is 5.82 Å². The van der Waals surface area contributed by atoms with Crippen LogP contribution in [0.4, 0.5) is 4.39 Å². The number of carbonyl (C=O) groups excluding carboxylic acids is 1. The van der Waals surface area contributed by atoms with Crippen molar-refractivity contribution in [3.05, 3.63) is 34.1 Å². The van der Waals surface area contributed by atoms with Gasteiger partial charge in [-0.25, -0.2) is 9.18 Å². The largest absolute Gasteiger partial charge is 0.465 e. The maximum Gasteiger partial charge on any atom is 0.341 e. The van der Waals surface area contributed by atoms with E-state index in [1.165, 1.54) is 13.2 Å². The van der Waals surface area contributed by atoms with Crippen LogP contribution >= 0.6 is 27.5 Å². The molecule has 0 bridgehead atoms. The molecule has 76 valence electrons. The molecule has 0 aliphatic carbocycles. The van der Waals surface area contributed by atoms with Gasteiger partial charge in [-0.15, -0.1) is 0 Å². The Morgan fingerprint density at radius 2 is 2.29 bits per heavy atom. The van der Waals surface area contributed by atoms with Crippen LogP contribution in [0.2, 0.25) is 5.02 Å². The third-order valence-electron chi connectivity index (χ3n) is 1.67. The molecule has 0 amide bonds. The van der Waals surface area contributed by atoms with Crippen LogP contribution in [0, 0.1) is 5.82 Å². The number of hydrogen-bond donors (Lipinski definition) is 0. The Hall–Kier alpha value is -0.610. The quantitative estimate of drug-likeness (QED) is 0.615. The minimum Gasteiger partial charge on any atom is -0.465 e. The molecule has 1 aromatic rings. The fourth-order valence-corrected chi connectivity index (χ4v) is 1.73. The molecule has 14 heavy (non-hydrogen) atoms. The number of ether oxygens (including phenoxy) is 1. The van der Waals surface area contributed by atoms with E-state index in [0.29, 0.717) is 10.9 Å². The van der Waals surface area contributed by atoms with Crippen LogP contribution < -0.4 is 0 Å². The number of esters is 1. The number of rotatable bonds is 2. The van der Waals surface area contributed by atoms with Crippen LogP contribution in [0.15, 0.2) is 12.1 Å². The highest BCUT2D eigenvalue weighted by Gasteiger charge is 2.17. The number of alkyl halides is 1. The minimum absolute atomic E-state index is 0.0752. The molecule has 0 saturated heterocycles. The minimum atomic E-state index is -0.700. The van der Waals surface area contributed by atoms with Crippen LogP contribution in [0.1, 0.15) is 15.9 Å². The van der Waals surface area contributed by atoms with Gasteiger partial charge < -0.3 is 4.74 Å². The molecule has 0 unspecified atom stereocenters. The van der Waals surface area contributed by atoms with Crippen LogP contribution in [-0.2, 0) is 10.1 Å². The van der Waals surface area contributed by atoms with Gasteiger partial charge in [0, 0.05) is 10.4 Å². The van der Waals surface area contributed by atoms with Crippen LogP contribution in [0.25, 0.3) is 0 Å². The van der Waals surface area contributed by atoms with Crippen molar-refractivity contribution in [2.75, 3.05) is 7.11 Å². The molecule has 0 fully saturated rings. The molecule has 0 spiro atoms. The second-order valence-electron chi connectivity index (χ2n) is 2.55. The van der Waals surface area contributed by atoms with E-state index in [2.05, 4.69) is 20.7 Å². The summed E-state index contributed by atoms with van der Waals surface area (Å²) in [6.07, 6.45) is 0. The Kier molecular flexibility index (Phi) is 3.89. The summed E-state index contributed by atoms with van der Waals surface area (Å²) in [4.78, 5) is 11.2. The van der Waals surface area contributed by atoms with Crippen molar-refractivity contribution < 1.29 is 13.9 Å². The smallest absolute Gasteiger partial charge is 0.341 e. The van der Waals surface area contributed by atoms with E-state index in [1.807, 2.05) is 0 Å². The van der Waals surface area contributed by atoms with Gasteiger partial charge in [-0.2, -0.15) is 0 Å². The zero-order chi connectivity index (χ0) is 10.7. The van der Waals surface area contributed by atoms with E-state index in [1.54, 1.807) is 0 Å². The van der Waals surface area contributed by atoms with E-state index < -0.39 is 11.8 Å². The second-order valence-corrected chi connectivity index (χ2v) is 3.54. The van der Waals surface area contributed by atoms with Crippen LogP contribution in [0.3, 0.4) is 0 Å². The number of benzene rings is 1. The molecule has 5 heteroatoms. The standard InChI is InChI=1S/C9H7BrClFO2/c1-14-9(13)8-5(4-10)2-6(11)3-7(8)12/h2-3H,4H2,1H3. The van der Waals surface area contributed by atoms with Crippen molar-refractivity contribution >= 4 is 33.5 Å². The van der Waals surface area contributed by atoms with Gasteiger partial charge in [0.05, 0.1) is 12.7 Å². The average molecular weight is 282 g/mol. The van der Waals surface area contributed by atoms with Crippen molar-refractivity contribution in [2.24, 2.45) is 0 Å². The fourth-order valence-electron chi connectivity index (χ4n) is 1.06. The van der Waals surface area contributed by atoms with Gasteiger partial charge in [0.25, 0.3) is 0 Å². The third-order valence-corrected chi connectivity index (χ3v) is 2.49. The Bertz CT molecular complexity index is 368. The van der Waals surface area contributed by atoms with E-state index in [9.17, 15) is 9.18 Å². The van der Waals surface area contributed by atoms with Crippen molar-refractivity contribution in [1.82, 2.24) is 0 Å². The summed E-state index contributed by atoms with van der Waals surface area (Å²) in [6, 6.07) is 2.60. The highest BCUT2D eigenvalue weighted by Crippen LogP contribution is 2.22. The number of carbonyl (C=O) groups is 1. The Morgan fingerprint density at radius 1 is 1.64 bits per heavy atom. The van der Waals surface area contributed by atoms with Crippen molar-refractivity contribution in [3.8, 4) is 0 Å². The predicted octanol–water partition coefficient (Wildman–Crippen LogP) is 3.16. The van der Waals surface area contributed by atoms with Crippen LogP contribution in [0.5, 0.6) is 0 Å². The van der Waals surface area contributed by atoms with E-state index in [-0.39, 0.29) is 10.6 Å². The highest BCUT2D eigenvalue weighted by molar-refractivity contribution is 9.08. The predicted molar refractivity (Wildman–Crippen MR) is 55.4 cm³/mol. The first-order valence-corrected chi connectivity index (χ1v) is 5.22. The van der Waals surface area contributed by atoms with Gasteiger partial charge in [0.2, 0.25) is 0 Å². The van der Waals surface area contributed by atoms with Gasteiger partial charge in [-0.05, 0) is 17.7 Å². The summed E-state index contributed by atoms with van der Waals surface area (Å²) in [7, 11) is 1.20. The Labute approximate surface area is 94.1 Å². The molecular weight excluding hydrogens is 274 g/mol. The molecule has 0 radical (unpaired) electrons. The number of hydrogen-bond acceptors (Lipinski definition) is 2. The van der Waals surface area contributed by atoms with Gasteiger partial charge in [-0.3, -0.25) is 0 Å². The summed E-state index contributed by atoms with van der Waals surface area (Å²) in [5.74, 6) is -1.37. The van der Waals surface area contributed by atoms with E-state index in [4.69, 9.17) is 11.6 Å². The van der Waals surface area contributed by atoms with Gasteiger partial charge >= 0.3 is 5.97 Å². The number of halogens is 3. The molecule has 0 atom stereocenters. The Balaban J connectivity index is 3.32. The first kappa shape index (κ1) is 11.5. The third kappa shape index (κ3) is 2.25. The maximum atomic E-state index is 13.3. The molecule has 0 aliphatic rings. The maximum absolute atomic E-state index is 13.3. The molecule has 2 nitrogen and oxygen atoms in total. The lowest BCUT2D eigenvalue weighted by Crippen LogP contribution is -2.08. The monoisotopic (exact) mass is 280 g/mol. The lowest BCUT2D eigenvalue weighted by atomic mass is 10.1. The van der Waals surface area contributed by atoms with Crippen molar-refractivity contribution in [2.45, 2.75) is 5.33 Å². The Morgan fingerprint density at radius 3 is 2.79 bits per heavy atom. The van der Waals surface area contributed by atoms with E-state index >= 15 is 0 Å². The molecule has 0 aliphatic heterocycles. The molecule has 0 saturated carbocycles. The summed E-state index contributed by atoms with van der Waals surface area (Å²) in [5.41, 5.74) is 0.399. The van der Waals surface area contributed by atoms with E-state index in [0.717, 1.165) is 6.07 Å². The topological polar surface area (TPSA) is 26.3 Å². The van der Waals surface area contributed by atoms with Gasteiger partial charge in [-0.1, -0.05) is 27.5 Å². The normalized spacial score (nSPS) is 10.0. The molecule has 1 aromatic carbocycles. The first-order chi connectivity index (χ1) is 6.60. The SMILES string of the molecule is COC(=O)c1c(F)cc(Cl)cc1CBr. The summed E-state index contributed by atoms with van der Waals surface area (Å²) >= 11 is 8.78. The lowest BCUT2D eigenvalue weighted by Gasteiger charge is -2.06. The molecule has 0 N–H and O–H groups in total. The molecule has 0 heterocycles. The van der Waals surface area contributed by atoms with Crippen molar-refractivity contribution in [1.29, 1.82) is 0 Å². The molecule has 0 aromatic heterocycles. The van der Waals surface area contributed by atoms with Gasteiger partial charge in [0.15, 0.2) is 0 Å². The highest BCUT2D eigenvalue weighted by atomic mass is 79.9. The average Bonchev–Trinajstić information content (AvgIpc) is 2.15. The second kappa shape index (κ2) is 4.75. The molecule has 1 rings (SSSR count).